The van der Waals surface area contributed by atoms with Gasteiger partial charge in [-0.3, -0.25) is 0 Å². The maximum atomic E-state index is 13.9. The monoisotopic (exact) mass is 265 g/mol. The molecular weight excluding hydrogens is 237 g/mol. The summed E-state index contributed by atoms with van der Waals surface area (Å²) in [6, 6.07) is 5.34. The second-order valence-corrected chi connectivity index (χ2v) is 5.49. The van der Waals surface area contributed by atoms with Crippen LogP contribution in [0.2, 0.25) is 0 Å². The van der Waals surface area contributed by atoms with Crippen LogP contribution in [0.1, 0.15) is 75.5 Å². The lowest BCUT2D eigenvalue weighted by molar-refractivity contribution is 0.518. The van der Waals surface area contributed by atoms with Crippen LogP contribution >= 0.6 is 0 Å². The molecule has 0 fully saturated rings. The Labute approximate surface area is 117 Å². The van der Waals surface area contributed by atoms with Crippen molar-refractivity contribution in [2.24, 2.45) is 5.73 Å². The number of benzene rings is 1. The van der Waals surface area contributed by atoms with Crippen molar-refractivity contribution in [1.29, 1.82) is 0 Å². The van der Waals surface area contributed by atoms with Gasteiger partial charge in [-0.1, -0.05) is 70.1 Å². The summed E-state index contributed by atoms with van der Waals surface area (Å²) in [7, 11) is 0. The normalized spacial score (nSPS) is 12.6. The molecule has 0 aliphatic heterocycles. The third kappa shape index (κ3) is 5.73. The van der Waals surface area contributed by atoms with E-state index in [0.717, 1.165) is 12.8 Å². The van der Waals surface area contributed by atoms with E-state index in [4.69, 9.17) is 5.73 Å². The fraction of sp³-hybridized carbons (Fsp3) is 0.647. The quantitative estimate of drug-likeness (QED) is 0.604. The van der Waals surface area contributed by atoms with E-state index in [2.05, 4.69) is 6.92 Å². The van der Waals surface area contributed by atoms with Gasteiger partial charge in [-0.05, 0) is 18.9 Å². The fourth-order valence-electron chi connectivity index (χ4n) is 2.43. The van der Waals surface area contributed by atoms with Gasteiger partial charge >= 0.3 is 0 Å². The van der Waals surface area contributed by atoms with Gasteiger partial charge in [0.15, 0.2) is 0 Å². The average Bonchev–Trinajstić information content (AvgIpc) is 2.40. The molecule has 0 spiro atoms. The van der Waals surface area contributed by atoms with E-state index in [1.807, 2.05) is 12.1 Å². The lowest BCUT2D eigenvalue weighted by Crippen LogP contribution is -2.12. The summed E-state index contributed by atoms with van der Waals surface area (Å²) in [4.78, 5) is 0. The molecule has 2 heteroatoms. The minimum Gasteiger partial charge on any atom is -0.324 e. The highest BCUT2D eigenvalue weighted by atomic mass is 19.1. The first-order valence-electron chi connectivity index (χ1n) is 7.67. The van der Waals surface area contributed by atoms with Crippen molar-refractivity contribution in [3.63, 3.8) is 0 Å². The van der Waals surface area contributed by atoms with Crippen LogP contribution in [0.15, 0.2) is 18.2 Å². The first-order chi connectivity index (χ1) is 9.16. The molecule has 1 aromatic carbocycles. The molecule has 0 bridgehead atoms. The molecule has 0 amide bonds. The van der Waals surface area contributed by atoms with E-state index in [1.165, 1.54) is 38.5 Å². The van der Waals surface area contributed by atoms with Gasteiger partial charge in [-0.25, -0.2) is 4.39 Å². The zero-order chi connectivity index (χ0) is 14.1. The number of aryl methyl sites for hydroxylation is 1. The van der Waals surface area contributed by atoms with Crippen LogP contribution in [-0.4, -0.2) is 0 Å². The second kappa shape index (κ2) is 9.08. The predicted molar refractivity (Wildman–Crippen MR) is 80.7 cm³/mol. The van der Waals surface area contributed by atoms with Gasteiger partial charge in [0.05, 0.1) is 0 Å². The molecule has 0 heterocycles. The molecule has 0 radical (unpaired) electrons. The van der Waals surface area contributed by atoms with Gasteiger partial charge in [0.2, 0.25) is 0 Å². The first-order valence-corrected chi connectivity index (χ1v) is 7.67. The Morgan fingerprint density at radius 1 is 1.05 bits per heavy atom. The van der Waals surface area contributed by atoms with Gasteiger partial charge in [0.25, 0.3) is 0 Å². The van der Waals surface area contributed by atoms with Crippen molar-refractivity contribution < 1.29 is 4.39 Å². The molecule has 0 aromatic heterocycles. The van der Waals surface area contributed by atoms with Crippen LogP contribution < -0.4 is 5.73 Å². The number of hydrogen-bond acceptors (Lipinski definition) is 1. The lowest BCUT2D eigenvalue weighted by Gasteiger charge is -2.14. The Kier molecular flexibility index (Phi) is 7.73. The molecule has 1 atom stereocenters. The van der Waals surface area contributed by atoms with E-state index in [0.29, 0.717) is 11.1 Å². The number of hydrogen-bond donors (Lipinski definition) is 1. The number of nitrogens with two attached hydrogens (primary N) is 1. The van der Waals surface area contributed by atoms with Crippen LogP contribution in [0.4, 0.5) is 4.39 Å². The minimum atomic E-state index is -0.157. The highest BCUT2D eigenvalue weighted by Crippen LogP contribution is 2.22. The molecule has 0 saturated carbocycles. The number of unbranched alkanes of at least 4 members (excludes halogenated alkanes) is 6. The molecule has 0 aliphatic rings. The molecule has 1 nitrogen and oxygen atoms in total. The summed E-state index contributed by atoms with van der Waals surface area (Å²) in [5.41, 5.74) is 7.45. The van der Waals surface area contributed by atoms with Crippen molar-refractivity contribution in [3.05, 3.63) is 35.1 Å². The Balaban J connectivity index is 2.24. The van der Waals surface area contributed by atoms with Crippen LogP contribution in [0.3, 0.4) is 0 Å². The molecule has 0 saturated heterocycles. The van der Waals surface area contributed by atoms with E-state index < -0.39 is 0 Å². The van der Waals surface area contributed by atoms with Crippen LogP contribution in [-0.2, 0) is 0 Å². The zero-order valence-corrected chi connectivity index (χ0v) is 12.4. The van der Waals surface area contributed by atoms with Crippen molar-refractivity contribution >= 4 is 0 Å². The fourth-order valence-corrected chi connectivity index (χ4v) is 2.43. The van der Waals surface area contributed by atoms with E-state index in [1.54, 1.807) is 13.0 Å². The highest BCUT2D eigenvalue weighted by molar-refractivity contribution is 5.27. The molecule has 19 heavy (non-hydrogen) atoms. The summed E-state index contributed by atoms with van der Waals surface area (Å²) in [5, 5.41) is 0. The average molecular weight is 265 g/mol. The van der Waals surface area contributed by atoms with Gasteiger partial charge in [0, 0.05) is 11.6 Å². The van der Waals surface area contributed by atoms with E-state index in [-0.39, 0.29) is 11.9 Å². The Hall–Kier alpha value is -0.890. The van der Waals surface area contributed by atoms with Crippen LogP contribution in [0.25, 0.3) is 0 Å². The van der Waals surface area contributed by atoms with E-state index >= 15 is 0 Å². The molecule has 1 unspecified atom stereocenters. The minimum absolute atomic E-state index is 0.127. The topological polar surface area (TPSA) is 26.0 Å². The second-order valence-electron chi connectivity index (χ2n) is 5.49. The van der Waals surface area contributed by atoms with Gasteiger partial charge < -0.3 is 5.73 Å². The van der Waals surface area contributed by atoms with Crippen molar-refractivity contribution in [3.8, 4) is 0 Å². The third-order valence-electron chi connectivity index (χ3n) is 3.74. The Morgan fingerprint density at radius 3 is 2.37 bits per heavy atom. The lowest BCUT2D eigenvalue weighted by atomic mass is 9.98. The summed E-state index contributed by atoms with van der Waals surface area (Å²) in [5.74, 6) is -0.127. The number of halogens is 1. The van der Waals surface area contributed by atoms with Gasteiger partial charge in [0.1, 0.15) is 5.82 Å². The summed E-state index contributed by atoms with van der Waals surface area (Å²) >= 11 is 0. The largest absolute Gasteiger partial charge is 0.324 e. The van der Waals surface area contributed by atoms with Crippen molar-refractivity contribution in [1.82, 2.24) is 0 Å². The Morgan fingerprint density at radius 2 is 1.68 bits per heavy atom. The molecule has 2 N–H and O–H groups in total. The molecule has 108 valence electrons. The van der Waals surface area contributed by atoms with Gasteiger partial charge in [-0.2, -0.15) is 0 Å². The van der Waals surface area contributed by atoms with E-state index in [9.17, 15) is 4.39 Å². The van der Waals surface area contributed by atoms with Crippen molar-refractivity contribution in [2.75, 3.05) is 0 Å². The number of rotatable bonds is 9. The molecule has 0 aliphatic carbocycles. The standard InChI is InChI=1S/C17H28FN/c1-3-4-5-6-7-8-9-13-16(19)15-12-10-11-14(2)17(15)18/h10-12,16H,3-9,13,19H2,1-2H3. The summed E-state index contributed by atoms with van der Waals surface area (Å²) < 4.78 is 13.9. The SMILES string of the molecule is CCCCCCCCCC(N)c1cccc(C)c1F. The van der Waals surface area contributed by atoms with Crippen LogP contribution in [0, 0.1) is 12.7 Å². The maximum Gasteiger partial charge on any atom is 0.130 e. The third-order valence-corrected chi connectivity index (χ3v) is 3.74. The van der Waals surface area contributed by atoms with Gasteiger partial charge in [-0.15, -0.1) is 0 Å². The summed E-state index contributed by atoms with van der Waals surface area (Å²) in [6.07, 6.45) is 9.77. The van der Waals surface area contributed by atoms with Crippen LogP contribution in [0.5, 0.6) is 0 Å². The smallest absolute Gasteiger partial charge is 0.130 e. The molecular formula is C17H28FN. The first kappa shape index (κ1) is 16.2. The molecule has 1 aromatic rings. The Bertz CT molecular complexity index is 362. The highest BCUT2D eigenvalue weighted by Gasteiger charge is 2.12. The predicted octanol–water partition coefficient (Wildman–Crippen LogP) is 5.27. The summed E-state index contributed by atoms with van der Waals surface area (Å²) in [6.45, 7) is 4.02. The molecule has 1 rings (SSSR count). The zero-order valence-electron chi connectivity index (χ0n) is 12.4. The maximum absolute atomic E-state index is 13.9. The van der Waals surface area contributed by atoms with Crippen molar-refractivity contribution in [2.45, 2.75) is 71.3 Å².